The molecule has 0 amide bonds. The fourth-order valence-corrected chi connectivity index (χ4v) is 2.52. The number of aryl methyl sites for hydroxylation is 1. The van der Waals surface area contributed by atoms with Crippen molar-refractivity contribution in [1.29, 1.82) is 0 Å². The first-order chi connectivity index (χ1) is 8.79. The summed E-state index contributed by atoms with van der Waals surface area (Å²) in [7, 11) is 1.48. The normalized spacial score (nSPS) is 19.3. The summed E-state index contributed by atoms with van der Waals surface area (Å²) in [5.74, 6) is 0.0721. The van der Waals surface area contributed by atoms with Gasteiger partial charge in [-0.15, -0.1) is 0 Å². The molecule has 1 saturated carbocycles. The summed E-state index contributed by atoms with van der Waals surface area (Å²) in [6, 6.07) is 3.47. The first-order valence-electron chi connectivity index (χ1n) is 6.18. The van der Waals surface area contributed by atoms with Crippen LogP contribution in [0, 0.1) is 12.8 Å². The van der Waals surface area contributed by atoms with Crippen LogP contribution in [-0.2, 0) is 16.5 Å². The molecule has 0 bridgehead atoms. The van der Waals surface area contributed by atoms with E-state index in [-0.39, 0.29) is 12.5 Å². The molecule has 5 heteroatoms. The Morgan fingerprint density at radius 2 is 1.95 bits per heavy atom. The minimum Gasteiger partial charge on any atom is -0.382 e. The summed E-state index contributed by atoms with van der Waals surface area (Å²) >= 11 is 0. The van der Waals surface area contributed by atoms with Crippen LogP contribution in [0.2, 0.25) is 0 Å². The topological polar surface area (TPSA) is 29.5 Å². The monoisotopic (exact) mass is 274 g/mol. The number of halogens is 3. The van der Waals surface area contributed by atoms with Gasteiger partial charge in [0.1, 0.15) is 5.60 Å². The van der Waals surface area contributed by atoms with E-state index in [1.165, 1.54) is 13.2 Å². The Morgan fingerprint density at radius 1 is 1.32 bits per heavy atom. The van der Waals surface area contributed by atoms with Crippen molar-refractivity contribution < 1.29 is 23.0 Å². The highest BCUT2D eigenvalue weighted by molar-refractivity contribution is 5.37. The van der Waals surface area contributed by atoms with Crippen molar-refractivity contribution in [3.05, 3.63) is 34.9 Å². The zero-order valence-corrected chi connectivity index (χ0v) is 10.9. The third-order valence-corrected chi connectivity index (χ3v) is 3.64. The molecule has 1 aromatic rings. The molecule has 0 spiro atoms. The van der Waals surface area contributed by atoms with Gasteiger partial charge < -0.3 is 9.84 Å². The predicted octanol–water partition coefficient (Wildman–Crippen LogP) is 3.26. The van der Waals surface area contributed by atoms with Crippen LogP contribution in [-0.4, -0.2) is 18.8 Å². The van der Waals surface area contributed by atoms with Gasteiger partial charge in [-0.05, 0) is 48.9 Å². The van der Waals surface area contributed by atoms with Gasteiger partial charge in [0.15, 0.2) is 0 Å². The van der Waals surface area contributed by atoms with Crippen molar-refractivity contribution in [3.8, 4) is 0 Å². The first-order valence-corrected chi connectivity index (χ1v) is 6.18. The van der Waals surface area contributed by atoms with Crippen molar-refractivity contribution >= 4 is 0 Å². The molecule has 0 aromatic heterocycles. The first kappa shape index (κ1) is 14.3. The molecule has 106 valence electrons. The quantitative estimate of drug-likeness (QED) is 0.913. The molecule has 1 aliphatic rings. The van der Waals surface area contributed by atoms with Crippen LogP contribution in [0.1, 0.15) is 29.5 Å². The molecule has 2 nitrogen and oxygen atoms in total. The zero-order chi connectivity index (χ0) is 14.3. The number of hydrogen-bond acceptors (Lipinski definition) is 2. The van der Waals surface area contributed by atoms with E-state index in [4.69, 9.17) is 4.74 Å². The van der Waals surface area contributed by atoms with Crippen LogP contribution in [0.5, 0.6) is 0 Å². The largest absolute Gasteiger partial charge is 0.416 e. The van der Waals surface area contributed by atoms with E-state index in [0.717, 1.165) is 25.0 Å². The van der Waals surface area contributed by atoms with Gasteiger partial charge in [0.05, 0.1) is 12.2 Å². The highest BCUT2D eigenvalue weighted by atomic mass is 19.4. The van der Waals surface area contributed by atoms with Crippen LogP contribution in [0.15, 0.2) is 18.2 Å². The van der Waals surface area contributed by atoms with E-state index in [1.807, 2.05) is 0 Å². The molecular weight excluding hydrogens is 257 g/mol. The number of aliphatic hydroxyl groups is 1. The van der Waals surface area contributed by atoms with Gasteiger partial charge >= 0.3 is 6.18 Å². The molecule has 0 aliphatic heterocycles. The fraction of sp³-hybridized carbons (Fsp3) is 0.571. The molecule has 1 N–H and O–H groups in total. The number of methoxy groups -OCH3 is 1. The third-order valence-electron chi connectivity index (χ3n) is 3.64. The summed E-state index contributed by atoms with van der Waals surface area (Å²) in [4.78, 5) is 0. The predicted molar refractivity (Wildman–Crippen MR) is 64.7 cm³/mol. The SMILES string of the molecule is COCC(O)(c1ccc(C(F)(F)F)cc1C)C1CC1. The Kier molecular flexibility index (Phi) is 3.62. The van der Waals surface area contributed by atoms with Crippen molar-refractivity contribution in [2.45, 2.75) is 31.5 Å². The van der Waals surface area contributed by atoms with Crippen molar-refractivity contribution in [3.63, 3.8) is 0 Å². The highest BCUT2D eigenvalue weighted by Gasteiger charge is 2.46. The van der Waals surface area contributed by atoms with Gasteiger partial charge in [-0.25, -0.2) is 0 Å². The molecule has 1 aromatic carbocycles. The maximum absolute atomic E-state index is 12.6. The van der Waals surface area contributed by atoms with Crippen LogP contribution in [0.3, 0.4) is 0 Å². The van der Waals surface area contributed by atoms with E-state index in [9.17, 15) is 18.3 Å². The van der Waals surface area contributed by atoms with Crippen LogP contribution < -0.4 is 0 Å². The fourth-order valence-electron chi connectivity index (χ4n) is 2.52. The average Bonchev–Trinajstić information content (AvgIpc) is 3.11. The molecule has 19 heavy (non-hydrogen) atoms. The second kappa shape index (κ2) is 4.80. The minimum absolute atomic E-state index is 0.0721. The van der Waals surface area contributed by atoms with Crippen LogP contribution in [0.4, 0.5) is 13.2 Å². The summed E-state index contributed by atoms with van der Waals surface area (Å²) in [5.41, 5.74) is -0.890. The lowest BCUT2D eigenvalue weighted by Crippen LogP contribution is -2.34. The van der Waals surface area contributed by atoms with Crippen LogP contribution >= 0.6 is 0 Å². The molecule has 2 rings (SSSR count). The van der Waals surface area contributed by atoms with Crippen molar-refractivity contribution in [2.75, 3.05) is 13.7 Å². The van der Waals surface area contributed by atoms with Gasteiger partial charge in [-0.3, -0.25) is 0 Å². The summed E-state index contributed by atoms with van der Waals surface area (Å²) in [6.45, 7) is 1.69. The maximum atomic E-state index is 12.6. The van der Waals surface area contributed by atoms with E-state index >= 15 is 0 Å². The van der Waals surface area contributed by atoms with Gasteiger partial charge in [-0.2, -0.15) is 13.2 Å². The van der Waals surface area contributed by atoms with Gasteiger partial charge in [0.25, 0.3) is 0 Å². The Labute approximate surface area is 110 Å². The van der Waals surface area contributed by atoms with E-state index in [0.29, 0.717) is 11.1 Å². The van der Waals surface area contributed by atoms with E-state index < -0.39 is 17.3 Å². The lowest BCUT2D eigenvalue weighted by molar-refractivity contribution is -0.137. The average molecular weight is 274 g/mol. The Bertz CT molecular complexity index is 466. The minimum atomic E-state index is -4.36. The van der Waals surface area contributed by atoms with E-state index in [1.54, 1.807) is 6.92 Å². The second-order valence-corrected chi connectivity index (χ2v) is 5.16. The molecule has 0 radical (unpaired) electrons. The van der Waals surface area contributed by atoms with Gasteiger partial charge in [0.2, 0.25) is 0 Å². The third kappa shape index (κ3) is 2.77. The van der Waals surface area contributed by atoms with E-state index in [2.05, 4.69) is 0 Å². The second-order valence-electron chi connectivity index (χ2n) is 5.16. The number of hydrogen-bond donors (Lipinski definition) is 1. The Morgan fingerprint density at radius 3 is 2.37 bits per heavy atom. The smallest absolute Gasteiger partial charge is 0.382 e. The standard InChI is InChI=1S/C14H17F3O2/c1-9-7-11(14(15,16)17)5-6-12(9)13(18,8-19-2)10-3-4-10/h5-7,10,18H,3-4,8H2,1-2H3. The summed E-state index contributed by atoms with van der Waals surface area (Å²) < 4.78 is 42.9. The molecule has 1 unspecified atom stereocenters. The number of benzene rings is 1. The highest BCUT2D eigenvalue weighted by Crippen LogP contribution is 2.47. The Balaban J connectivity index is 2.39. The number of alkyl halides is 3. The van der Waals surface area contributed by atoms with Crippen molar-refractivity contribution in [1.82, 2.24) is 0 Å². The van der Waals surface area contributed by atoms with Gasteiger partial charge in [0, 0.05) is 7.11 Å². The molecule has 1 fully saturated rings. The van der Waals surface area contributed by atoms with Crippen molar-refractivity contribution in [2.24, 2.45) is 5.92 Å². The number of rotatable bonds is 4. The molecule has 0 saturated heterocycles. The lowest BCUT2D eigenvalue weighted by atomic mass is 9.85. The summed E-state index contributed by atoms with van der Waals surface area (Å²) in [5, 5.41) is 10.7. The summed E-state index contributed by atoms with van der Waals surface area (Å²) in [6.07, 6.45) is -2.61. The Hall–Kier alpha value is -1.07. The molecule has 1 atom stereocenters. The lowest BCUT2D eigenvalue weighted by Gasteiger charge is -2.30. The van der Waals surface area contributed by atoms with Gasteiger partial charge in [-0.1, -0.05) is 6.07 Å². The maximum Gasteiger partial charge on any atom is 0.416 e. The van der Waals surface area contributed by atoms with Crippen LogP contribution in [0.25, 0.3) is 0 Å². The molecule has 0 heterocycles. The molecular formula is C14H17F3O2. The zero-order valence-electron chi connectivity index (χ0n) is 10.9. The number of ether oxygens (including phenoxy) is 1. The molecule has 1 aliphatic carbocycles.